The van der Waals surface area contributed by atoms with Crippen molar-refractivity contribution in [2.24, 2.45) is 13.0 Å². The number of rotatable bonds is 6. The first-order valence-electron chi connectivity index (χ1n) is 8.83. The summed E-state index contributed by atoms with van der Waals surface area (Å²) in [6.07, 6.45) is 3.67. The van der Waals surface area contributed by atoms with Crippen molar-refractivity contribution in [2.75, 3.05) is 6.54 Å². The molecule has 0 bridgehead atoms. The lowest BCUT2D eigenvalue weighted by molar-refractivity contribution is -0.122. The van der Waals surface area contributed by atoms with Crippen LogP contribution < -0.4 is 5.32 Å². The van der Waals surface area contributed by atoms with E-state index in [2.05, 4.69) is 27.6 Å². The topological polar surface area (TPSA) is 64.7 Å². The summed E-state index contributed by atoms with van der Waals surface area (Å²) in [5.41, 5.74) is 4.39. The van der Waals surface area contributed by atoms with Gasteiger partial charge in [-0.15, -0.1) is 0 Å². The van der Waals surface area contributed by atoms with E-state index >= 15 is 0 Å². The van der Waals surface area contributed by atoms with Crippen molar-refractivity contribution in [1.82, 2.24) is 24.9 Å². The van der Waals surface area contributed by atoms with Gasteiger partial charge in [-0.1, -0.05) is 30.3 Å². The zero-order valence-electron chi connectivity index (χ0n) is 14.6. The van der Waals surface area contributed by atoms with Crippen LogP contribution >= 0.6 is 0 Å². The number of nitrogens with zero attached hydrogens (tertiary/aromatic N) is 4. The molecule has 2 heterocycles. The zero-order chi connectivity index (χ0) is 17.4. The maximum absolute atomic E-state index is 12.3. The monoisotopic (exact) mass is 337 g/mol. The van der Waals surface area contributed by atoms with Crippen molar-refractivity contribution >= 4 is 16.9 Å². The predicted molar refractivity (Wildman–Crippen MR) is 96.2 cm³/mol. The Morgan fingerprint density at radius 1 is 1.32 bits per heavy atom. The van der Waals surface area contributed by atoms with Gasteiger partial charge in [0.15, 0.2) is 0 Å². The number of amides is 1. The second kappa shape index (κ2) is 6.35. The Morgan fingerprint density at radius 2 is 2.12 bits per heavy atom. The van der Waals surface area contributed by atoms with E-state index in [0.717, 1.165) is 36.1 Å². The van der Waals surface area contributed by atoms with Crippen LogP contribution in [0.1, 0.15) is 30.0 Å². The number of aryl methyl sites for hydroxylation is 3. The summed E-state index contributed by atoms with van der Waals surface area (Å²) in [6, 6.07) is 10.3. The molecule has 3 aromatic rings. The summed E-state index contributed by atoms with van der Waals surface area (Å²) < 4.78 is 3.83. The molecule has 1 aromatic carbocycles. The molecule has 2 aromatic heterocycles. The molecule has 25 heavy (non-hydrogen) atoms. The summed E-state index contributed by atoms with van der Waals surface area (Å²) in [4.78, 5) is 12.3. The van der Waals surface area contributed by atoms with Crippen molar-refractivity contribution in [3.8, 4) is 0 Å². The molecule has 4 rings (SSSR count). The van der Waals surface area contributed by atoms with E-state index in [9.17, 15) is 4.79 Å². The van der Waals surface area contributed by atoms with Crippen molar-refractivity contribution in [2.45, 2.75) is 32.2 Å². The van der Waals surface area contributed by atoms with E-state index in [4.69, 9.17) is 0 Å². The summed E-state index contributed by atoms with van der Waals surface area (Å²) in [5, 5.41) is 11.9. The van der Waals surface area contributed by atoms with Crippen LogP contribution in [0, 0.1) is 12.8 Å². The molecule has 0 saturated heterocycles. The predicted octanol–water partition coefficient (Wildman–Crippen LogP) is 2.39. The van der Waals surface area contributed by atoms with Crippen LogP contribution in [-0.4, -0.2) is 32.0 Å². The highest BCUT2D eigenvalue weighted by atomic mass is 16.2. The number of nitrogens with one attached hydrogen (secondary N) is 1. The summed E-state index contributed by atoms with van der Waals surface area (Å²) in [7, 11) is 1.93. The molecule has 1 aliphatic carbocycles. The molecule has 0 spiro atoms. The average molecular weight is 337 g/mol. The molecule has 0 aliphatic heterocycles. The van der Waals surface area contributed by atoms with Gasteiger partial charge in [-0.2, -0.15) is 10.2 Å². The fraction of sp³-hybridized carbons (Fsp3) is 0.421. The van der Waals surface area contributed by atoms with Gasteiger partial charge in [0.05, 0.1) is 11.9 Å². The Labute approximate surface area is 146 Å². The van der Waals surface area contributed by atoms with Crippen LogP contribution in [-0.2, 0) is 18.4 Å². The molecule has 1 saturated carbocycles. The summed E-state index contributed by atoms with van der Waals surface area (Å²) in [6.45, 7) is 3.46. The molecule has 1 fully saturated rings. The Morgan fingerprint density at radius 3 is 2.92 bits per heavy atom. The number of hydrogen-bond acceptors (Lipinski definition) is 3. The van der Waals surface area contributed by atoms with E-state index in [1.807, 2.05) is 47.7 Å². The molecular weight excluding hydrogens is 314 g/mol. The van der Waals surface area contributed by atoms with Gasteiger partial charge >= 0.3 is 0 Å². The molecule has 0 radical (unpaired) electrons. The van der Waals surface area contributed by atoms with Crippen LogP contribution in [0.4, 0.5) is 0 Å². The van der Waals surface area contributed by atoms with Crippen LogP contribution in [0.25, 0.3) is 11.0 Å². The smallest absolute Gasteiger partial charge is 0.223 e. The number of carbonyl (C=O) groups is 1. The molecule has 1 aliphatic rings. The van der Waals surface area contributed by atoms with Gasteiger partial charge in [0.25, 0.3) is 0 Å². The van der Waals surface area contributed by atoms with Crippen molar-refractivity contribution in [3.63, 3.8) is 0 Å². The largest absolute Gasteiger partial charge is 0.356 e. The maximum Gasteiger partial charge on any atom is 0.223 e. The van der Waals surface area contributed by atoms with Gasteiger partial charge in [-0.25, -0.2) is 0 Å². The first-order chi connectivity index (χ1) is 12.1. The second-order valence-corrected chi connectivity index (χ2v) is 6.81. The standard InChI is InChI=1S/C19H23N5O/c1-13-18-17(23(2)22-13)12-21-24(18)10-6-9-20-19(25)16-11-15(16)14-7-4-3-5-8-14/h3-5,7-8,12,15-16H,6,9-11H2,1-2H3,(H,20,25)/t15-,16-/m1/s1. The Hall–Kier alpha value is -2.63. The number of carbonyl (C=O) groups excluding carboxylic acids is 1. The molecule has 1 amide bonds. The second-order valence-electron chi connectivity index (χ2n) is 6.81. The molecule has 0 unspecified atom stereocenters. The number of aromatic nitrogens is 4. The van der Waals surface area contributed by atoms with Gasteiger partial charge in [0.1, 0.15) is 11.0 Å². The fourth-order valence-electron chi connectivity index (χ4n) is 3.61. The van der Waals surface area contributed by atoms with Crippen LogP contribution in [0.5, 0.6) is 0 Å². The highest BCUT2D eigenvalue weighted by Gasteiger charge is 2.43. The fourth-order valence-corrected chi connectivity index (χ4v) is 3.61. The molecule has 130 valence electrons. The van der Waals surface area contributed by atoms with Crippen molar-refractivity contribution in [3.05, 3.63) is 47.8 Å². The Kier molecular flexibility index (Phi) is 4.03. The highest BCUT2D eigenvalue weighted by Crippen LogP contribution is 2.47. The van der Waals surface area contributed by atoms with Crippen LogP contribution in [0.2, 0.25) is 0 Å². The molecule has 6 heteroatoms. The van der Waals surface area contributed by atoms with Crippen molar-refractivity contribution < 1.29 is 4.79 Å². The lowest BCUT2D eigenvalue weighted by Crippen LogP contribution is -2.27. The van der Waals surface area contributed by atoms with Gasteiger partial charge in [-0.05, 0) is 31.2 Å². The lowest BCUT2D eigenvalue weighted by Gasteiger charge is -2.06. The van der Waals surface area contributed by atoms with Crippen LogP contribution in [0.3, 0.4) is 0 Å². The summed E-state index contributed by atoms with van der Waals surface area (Å²) in [5.74, 6) is 0.710. The van der Waals surface area contributed by atoms with Gasteiger partial charge in [-0.3, -0.25) is 14.2 Å². The minimum absolute atomic E-state index is 0.138. The third-order valence-electron chi connectivity index (χ3n) is 5.01. The molecule has 6 nitrogen and oxygen atoms in total. The minimum Gasteiger partial charge on any atom is -0.356 e. The van der Waals surface area contributed by atoms with E-state index in [0.29, 0.717) is 12.5 Å². The lowest BCUT2D eigenvalue weighted by atomic mass is 10.1. The van der Waals surface area contributed by atoms with E-state index in [-0.39, 0.29) is 11.8 Å². The van der Waals surface area contributed by atoms with Crippen molar-refractivity contribution in [1.29, 1.82) is 0 Å². The van der Waals surface area contributed by atoms with Gasteiger partial charge in [0.2, 0.25) is 5.91 Å². The van der Waals surface area contributed by atoms with E-state index < -0.39 is 0 Å². The zero-order valence-corrected chi connectivity index (χ0v) is 14.6. The maximum atomic E-state index is 12.3. The minimum atomic E-state index is 0.138. The van der Waals surface area contributed by atoms with E-state index in [1.54, 1.807) is 0 Å². The molecule has 1 N–H and O–H groups in total. The normalized spacial score (nSPS) is 19.3. The molecule has 2 atom stereocenters. The Balaban J connectivity index is 1.26. The third kappa shape index (κ3) is 3.04. The third-order valence-corrected chi connectivity index (χ3v) is 5.01. The molecular formula is C19H23N5O. The van der Waals surface area contributed by atoms with Gasteiger partial charge < -0.3 is 5.32 Å². The first-order valence-corrected chi connectivity index (χ1v) is 8.83. The number of hydrogen-bond donors (Lipinski definition) is 1. The Bertz CT molecular complexity index is 895. The van der Waals surface area contributed by atoms with E-state index in [1.165, 1.54) is 5.56 Å². The number of fused-ring (bicyclic) bond motifs is 1. The summed E-state index contributed by atoms with van der Waals surface area (Å²) >= 11 is 0. The average Bonchev–Trinajstić information content (AvgIpc) is 3.23. The quantitative estimate of drug-likeness (QED) is 0.703. The van der Waals surface area contributed by atoms with Crippen LogP contribution in [0.15, 0.2) is 36.5 Å². The highest BCUT2D eigenvalue weighted by molar-refractivity contribution is 5.82. The number of benzene rings is 1. The first kappa shape index (κ1) is 15.9. The van der Waals surface area contributed by atoms with Gasteiger partial charge in [0, 0.05) is 26.1 Å². The SMILES string of the molecule is Cc1nn(C)c2cnn(CCCNC(=O)[C@@H]3C[C@@H]3c3ccccc3)c12.